The first-order valence-electron chi connectivity index (χ1n) is 5.61. The third-order valence-electron chi connectivity index (χ3n) is 2.85. The van der Waals surface area contributed by atoms with E-state index in [0.717, 1.165) is 18.2 Å². The van der Waals surface area contributed by atoms with Crippen LogP contribution in [-0.4, -0.2) is 17.0 Å². The molecule has 2 unspecified atom stereocenters. The topological polar surface area (TPSA) is 12.0 Å². The number of alkyl halides is 3. The number of nitrogens with one attached hydrogen (secondary N) is 1. The molecular formula is C12H13BrF3NS. The summed E-state index contributed by atoms with van der Waals surface area (Å²) in [6, 6.07) is 4.35. The lowest BCUT2D eigenvalue weighted by molar-refractivity contribution is -0.137. The summed E-state index contributed by atoms with van der Waals surface area (Å²) in [5.74, 6) is 0.856. The summed E-state index contributed by atoms with van der Waals surface area (Å²) in [7, 11) is 0. The highest BCUT2D eigenvalue weighted by atomic mass is 79.9. The minimum absolute atomic E-state index is 0.118. The fourth-order valence-electron chi connectivity index (χ4n) is 2.01. The molecule has 0 radical (unpaired) electrons. The minimum Gasteiger partial charge on any atom is -0.381 e. The number of rotatable bonds is 2. The molecule has 1 aliphatic rings. The summed E-state index contributed by atoms with van der Waals surface area (Å²) >= 11 is 4.87. The molecule has 0 bridgehead atoms. The maximum atomic E-state index is 12.9. The monoisotopic (exact) mass is 339 g/mol. The molecule has 1 heterocycles. The first-order chi connectivity index (χ1) is 8.36. The molecule has 1 N–H and O–H groups in total. The molecule has 0 aliphatic carbocycles. The van der Waals surface area contributed by atoms with Crippen molar-refractivity contribution in [3.8, 4) is 0 Å². The van der Waals surface area contributed by atoms with Crippen LogP contribution in [0.15, 0.2) is 22.7 Å². The standard InChI is InChI=1S/C12H13BrF3NS/c1-7-4-9(6-18-7)17-11-3-2-8(13)5-10(11)12(14,15)16/h2-3,5,7,9,17H,4,6H2,1H3. The first kappa shape index (κ1) is 14.1. The van der Waals surface area contributed by atoms with Crippen molar-refractivity contribution in [2.24, 2.45) is 0 Å². The summed E-state index contributed by atoms with van der Waals surface area (Å²) in [6.45, 7) is 2.10. The Morgan fingerprint density at radius 3 is 2.67 bits per heavy atom. The van der Waals surface area contributed by atoms with Crippen LogP contribution in [0.3, 0.4) is 0 Å². The van der Waals surface area contributed by atoms with E-state index in [1.54, 1.807) is 17.8 Å². The molecule has 0 saturated carbocycles. The number of thioether (sulfide) groups is 1. The summed E-state index contributed by atoms with van der Waals surface area (Å²) in [5.41, 5.74) is -0.438. The largest absolute Gasteiger partial charge is 0.418 e. The van der Waals surface area contributed by atoms with Crippen molar-refractivity contribution in [3.05, 3.63) is 28.2 Å². The second kappa shape index (κ2) is 5.33. The van der Waals surface area contributed by atoms with Gasteiger partial charge in [0, 0.05) is 27.2 Å². The molecule has 18 heavy (non-hydrogen) atoms. The Kier molecular flexibility index (Phi) is 4.16. The third kappa shape index (κ3) is 3.35. The van der Waals surface area contributed by atoms with Gasteiger partial charge in [0.1, 0.15) is 0 Å². The van der Waals surface area contributed by atoms with Crippen LogP contribution in [0, 0.1) is 0 Å². The summed E-state index contributed by atoms with van der Waals surface area (Å²) < 4.78 is 39.2. The van der Waals surface area contributed by atoms with Crippen molar-refractivity contribution in [2.45, 2.75) is 30.8 Å². The molecule has 1 aromatic carbocycles. The molecule has 1 aliphatic heterocycles. The van der Waals surface area contributed by atoms with E-state index in [2.05, 4.69) is 28.2 Å². The van der Waals surface area contributed by atoms with Gasteiger partial charge in [-0.3, -0.25) is 0 Å². The average molecular weight is 340 g/mol. The van der Waals surface area contributed by atoms with Crippen LogP contribution in [0.2, 0.25) is 0 Å². The highest BCUT2D eigenvalue weighted by Crippen LogP contribution is 2.38. The Balaban J connectivity index is 2.22. The lowest BCUT2D eigenvalue weighted by atomic mass is 10.1. The van der Waals surface area contributed by atoms with Crippen molar-refractivity contribution in [3.63, 3.8) is 0 Å². The number of benzene rings is 1. The van der Waals surface area contributed by atoms with Gasteiger partial charge in [0.15, 0.2) is 0 Å². The second-order valence-electron chi connectivity index (χ2n) is 4.41. The van der Waals surface area contributed by atoms with Gasteiger partial charge in [-0.05, 0) is 24.6 Å². The van der Waals surface area contributed by atoms with E-state index in [1.807, 2.05) is 0 Å². The van der Waals surface area contributed by atoms with Crippen LogP contribution in [0.5, 0.6) is 0 Å². The van der Waals surface area contributed by atoms with Crippen LogP contribution >= 0.6 is 27.7 Å². The average Bonchev–Trinajstić information content (AvgIpc) is 2.65. The molecule has 0 amide bonds. The van der Waals surface area contributed by atoms with Crippen molar-refractivity contribution in [1.82, 2.24) is 0 Å². The lowest BCUT2D eigenvalue weighted by Gasteiger charge is -2.18. The van der Waals surface area contributed by atoms with Crippen LogP contribution in [0.1, 0.15) is 18.9 Å². The van der Waals surface area contributed by atoms with Crippen molar-refractivity contribution in [2.75, 3.05) is 11.1 Å². The molecule has 100 valence electrons. The molecule has 1 fully saturated rings. The zero-order chi connectivity index (χ0) is 13.3. The molecule has 2 rings (SSSR count). The zero-order valence-corrected chi connectivity index (χ0v) is 12.1. The van der Waals surface area contributed by atoms with Gasteiger partial charge >= 0.3 is 6.18 Å². The van der Waals surface area contributed by atoms with E-state index in [1.165, 1.54) is 6.07 Å². The molecule has 0 aromatic heterocycles. The molecule has 6 heteroatoms. The van der Waals surface area contributed by atoms with E-state index in [0.29, 0.717) is 9.72 Å². The van der Waals surface area contributed by atoms with E-state index >= 15 is 0 Å². The third-order valence-corrected chi connectivity index (χ3v) is 4.69. The van der Waals surface area contributed by atoms with Crippen molar-refractivity contribution in [1.29, 1.82) is 0 Å². The predicted octanol–water partition coefficient (Wildman–Crippen LogP) is 4.77. The zero-order valence-electron chi connectivity index (χ0n) is 9.72. The highest BCUT2D eigenvalue weighted by Gasteiger charge is 2.34. The fraction of sp³-hybridized carbons (Fsp3) is 0.500. The Hall–Kier alpha value is -0.360. The van der Waals surface area contributed by atoms with Gasteiger partial charge in [-0.1, -0.05) is 22.9 Å². The smallest absolute Gasteiger partial charge is 0.381 e. The van der Waals surface area contributed by atoms with Crippen LogP contribution in [0.25, 0.3) is 0 Å². The molecule has 1 aromatic rings. The highest BCUT2D eigenvalue weighted by molar-refractivity contribution is 9.10. The Labute approximate surface area is 117 Å². The summed E-state index contributed by atoms with van der Waals surface area (Å²) in [6.07, 6.45) is -3.43. The molecule has 1 nitrogen and oxygen atoms in total. The Morgan fingerprint density at radius 1 is 1.39 bits per heavy atom. The van der Waals surface area contributed by atoms with Gasteiger partial charge in [0.05, 0.1) is 5.56 Å². The number of hydrogen-bond donors (Lipinski definition) is 1. The van der Waals surface area contributed by atoms with Crippen molar-refractivity contribution >= 4 is 33.4 Å². The van der Waals surface area contributed by atoms with Gasteiger partial charge in [0.2, 0.25) is 0 Å². The van der Waals surface area contributed by atoms with E-state index in [9.17, 15) is 13.2 Å². The molecule has 2 atom stereocenters. The quantitative estimate of drug-likeness (QED) is 0.832. The number of hydrogen-bond acceptors (Lipinski definition) is 2. The fourth-order valence-corrected chi connectivity index (χ4v) is 3.52. The van der Waals surface area contributed by atoms with Gasteiger partial charge in [-0.25, -0.2) is 0 Å². The van der Waals surface area contributed by atoms with Crippen LogP contribution < -0.4 is 5.32 Å². The summed E-state index contributed by atoms with van der Waals surface area (Å²) in [4.78, 5) is 0. The second-order valence-corrected chi connectivity index (χ2v) is 6.80. The SMILES string of the molecule is CC1CC(Nc2ccc(Br)cc2C(F)(F)F)CS1. The van der Waals surface area contributed by atoms with E-state index in [-0.39, 0.29) is 11.7 Å². The van der Waals surface area contributed by atoms with Gasteiger partial charge in [-0.15, -0.1) is 0 Å². The van der Waals surface area contributed by atoms with Gasteiger partial charge < -0.3 is 5.32 Å². The number of halogens is 4. The molecular weight excluding hydrogens is 327 g/mol. The van der Waals surface area contributed by atoms with E-state index < -0.39 is 11.7 Å². The predicted molar refractivity (Wildman–Crippen MR) is 73.1 cm³/mol. The maximum absolute atomic E-state index is 12.9. The van der Waals surface area contributed by atoms with Crippen molar-refractivity contribution < 1.29 is 13.2 Å². The molecule has 0 spiro atoms. The Morgan fingerprint density at radius 2 is 2.11 bits per heavy atom. The van der Waals surface area contributed by atoms with E-state index in [4.69, 9.17) is 0 Å². The summed E-state index contributed by atoms with van der Waals surface area (Å²) in [5, 5.41) is 3.52. The maximum Gasteiger partial charge on any atom is 0.418 e. The molecule has 1 saturated heterocycles. The van der Waals surface area contributed by atoms with Gasteiger partial charge in [-0.2, -0.15) is 24.9 Å². The van der Waals surface area contributed by atoms with Gasteiger partial charge in [0.25, 0.3) is 0 Å². The lowest BCUT2D eigenvalue weighted by Crippen LogP contribution is -2.21. The Bertz CT molecular complexity index is 436. The number of anilines is 1. The van der Waals surface area contributed by atoms with Crippen LogP contribution in [-0.2, 0) is 6.18 Å². The normalized spacial score (nSPS) is 24.3. The minimum atomic E-state index is -4.33. The van der Waals surface area contributed by atoms with Crippen LogP contribution in [0.4, 0.5) is 18.9 Å². The first-order valence-corrected chi connectivity index (χ1v) is 7.45.